The summed E-state index contributed by atoms with van der Waals surface area (Å²) in [4.78, 5) is 23.5. The summed E-state index contributed by atoms with van der Waals surface area (Å²) in [7, 11) is 1.81. The average Bonchev–Trinajstić information content (AvgIpc) is 3.01. The smallest absolute Gasteiger partial charge is 0.234 e. The zero-order valence-electron chi connectivity index (χ0n) is 15.1. The molecule has 9 heteroatoms. The number of amides is 1. The fourth-order valence-electron chi connectivity index (χ4n) is 2.46. The van der Waals surface area contributed by atoms with Gasteiger partial charge in [-0.05, 0) is 49.4 Å². The number of Topliss-reactive ketones (excluding diaryl/α,β-unsaturated/α-hetero) is 1. The molecule has 3 rings (SSSR count). The third-order valence-electron chi connectivity index (χ3n) is 3.91. The Morgan fingerprint density at radius 3 is 2.46 bits per heavy atom. The Kier molecular flexibility index (Phi) is 6.39. The number of halogens is 2. The van der Waals surface area contributed by atoms with Crippen LogP contribution in [0.1, 0.15) is 17.3 Å². The fraction of sp³-hybridized carbons (Fsp3) is 0.158. The number of nitrogens with one attached hydrogen (secondary N) is 1. The highest BCUT2D eigenvalue weighted by molar-refractivity contribution is 7.99. The molecule has 0 radical (unpaired) electrons. The van der Waals surface area contributed by atoms with E-state index in [1.54, 1.807) is 54.1 Å². The number of hydrogen-bond acceptors (Lipinski definition) is 5. The van der Waals surface area contributed by atoms with Crippen LogP contribution >= 0.6 is 35.0 Å². The molecule has 0 saturated heterocycles. The van der Waals surface area contributed by atoms with Crippen LogP contribution in [0, 0.1) is 0 Å². The summed E-state index contributed by atoms with van der Waals surface area (Å²) >= 11 is 13.4. The second kappa shape index (κ2) is 8.77. The van der Waals surface area contributed by atoms with Crippen molar-refractivity contribution in [3.63, 3.8) is 0 Å². The SMILES string of the molecule is CC(=O)c1ccc(NC(=O)CSc2nnc(-c3ccc(Cl)cc3Cl)n2C)cc1. The van der Waals surface area contributed by atoms with E-state index in [4.69, 9.17) is 23.2 Å². The Morgan fingerprint density at radius 2 is 1.82 bits per heavy atom. The molecule has 0 bridgehead atoms. The number of anilines is 1. The van der Waals surface area contributed by atoms with Crippen molar-refractivity contribution in [3.05, 3.63) is 58.1 Å². The van der Waals surface area contributed by atoms with Crippen LogP contribution in [0.15, 0.2) is 47.6 Å². The molecule has 1 amide bonds. The summed E-state index contributed by atoms with van der Waals surface area (Å²) in [6.07, 6.45) is 0. The molecule has 0 aliphatic rings. The summed E-state index contributed by atoms with van der Waals surface area (Å²) in [5.41, 5.74) is 1.94. The standard InChI is InChI=1S/C19H16Cl2N4O2S/c1-11(26)12-3-6-14(7-4-12)22-17(27)10-28-19-24-23-18(25(19)2)15-8-5-13(20)9-16(15)21/h3-9H,10H2,1-2H3,(H,22,27). The molecule has 3 aromatic rings. The molecule has 1 heterocycles. The largest absolute Gasteiger partial charge is 0.325 e. The Morgan fingerprint density at radius 1 is 1.11 bits per heavy atom. The number of ketones is 1. The lowest BCUT2D eigenvalue weighted by atomic mass is 10.1. The molecule has 0 atom stereocenters. The van der Waals surface area contributed by atoms with Crippen molar-refractivity contribution in [1.82, 2.24) is 14.8 Å². The first-order valence-electron chi connectivity index (χ1n) is 8.23. The topological polar surface area (TPSA) is 76.9 Å². The number of benzene rings is 2. The van der Waals surface area contributed by atoms with E-state index in [1.165, 1.54) is 18.7 Å². The van der Waals surface area contributed by atoms with Crippen molar-refractivity contribution >= 4 is 52.3 Å². The fourth-order valence-corrected chi connectivity index (χ4v) is 3.67. The van der Waals surface area contributed by atoms with Crippen molar-refractivity contribution in [2.75, 3.05) is 11.1 Å². The van der Waals surface area contributed by atoms with Crippen LogP contribution in [0.4, 0.5) is 5.69 Å². The van der Waals surface area contributed by atoms with Crippen LogP contribution in [0.5, 0.6) is 0 Å². The maximum absolute atomic E-state index is 12.2. The first-order valence-corrected chi connectivity index (χ1v) is 9.98. The monoisotopic (exact) mass is 434 g/mol. The van der Waals surface area contributed by atoms with Gasteiger partial charge in [-0.1, -0.05) is 35.0 Å². The highest BCUT2D eigenvalue weighted by Crippen LogP contribution is 2.30. The summed E-state index contributed by atoms with van der Waals surface area (Å²) < 4.78 is 1.77. The number of rotatable bonds is 6. The zero-order chi connectivity index (χ0) is 20.3. The van der Waals surface area contributed by atoms with Gasteiger partial charge in [-0.15, -0.1) is 10.2 Å². The van der Waals surface area contributed by atoms with E-state index >= 15 is 0 Å². The maximum Gasteiger partial charge on any atom is 0.234 e. The van der Waals surface area contributed by atoms with Crippen molar-refractivity contribution in [3.8, 4) is 11.4 Å². The predicted molar refractivity (Wildman–Crippen MR) is 112 cm³/mol. The van der Waals surface area contributed by atoms with Gasteiger partial charge in [-0.2, -0.15) is 0 Å². The molecular weight excluding hydrogens is 419 g/mol. The summed E-state index contributed by atoms with van der Waals surface area (Å²) in [6.45, 7) is 1.50. The molecule has 0 saturated carbocycles. The van der Waals surface area contributed by atoms with Gasteiger partial charge in [0.25, 0.3) is 0 Å². The van der Waals surface area contributed by atoms with Crippen LogP contribution in [0.25, 0.3) is 11.4 Å². The molecule has 2 aromatic carbocycles. The van der Waals surface area contributed by atoms with Crippen LogP contribution in [-0.4, -0.2) is 32.2 Å². The molecule has 28 heavy (non-hydrogen) atoms. The molecule has 1 N–H and O–H groups in total. The van der Waals surface area contributed by atoms with E-state index in [0.29, 0.717) is 37.8 Å². The van der Waals surface area contributed by atoms with E-state index in [-0.39, 0.29) is 17.4 Å². The number of nitrogens with zero attached hydrogens (tertiary/aromatic N) is 3. The second-order valence-electron chi connectivity index (χ2n) is 5.96. The number of aromatic nitrogens is 3. The van der Waals surface area contributed by atoms with Gasteiger partial charge in [0.1, 0.15) is 0 Å². The minimum absolute atomic E-state index is 0.0210. The van der Waals surface area contributed by atoms with Gasteiger partial charge < -0.3 is 9.88 Å². The van der Waals surface area contributed by atoms with Crippen LogP contribution < -0.4 is 5.32 Å². The van der Waals surface area contributed by atoms with Gasteiger partial charge in [0.2, 0.25) is 5.91 Å². The Labute approximate surface area is 176 Å². The van der Waals surface area contributed by atoms with Crippen molar-refractivity contribution in [2.24, 2.45) is 7.05 Å². The molecule has 1 aromatic heterocycles. The normalized spacial score (nSPS) is 10.7. The van der Waals surface area contributed by atoms with E-state index in [0.717, 1.165) is 0 Å². The molecule has 0 spiro atoms. The lowest BCUT2D eigenvalue weighted by Crippen LogP contribution is -2.14. The van der Waals surface area contributed by atoms with Gasteiger partial charge >= 0.3 is 0 Å². The highest BCUT2D eigenvalue weighted by Gasteiger charge is 2.15. The van der Waals surface area contributed by atoms with Crippen LogP contribution in [0.2, 0.25) is 10.0 Å². The van der Waals surface area contributed by atoms with Crippen molar-refractivity contribution in [1.29, 1.82) is 0 Å². The molecule has 0 aliphatic carbocycles. The molecule has 0 unspecified atom stereocenters. The Hall–Kier alpha value is -2.35. The minimum Gasteiger partial charge on any atom is -0.325 e. The quantitative estimate of drug-likeness (QED) is 0.448. The zero-order valence-corrected chi connectivity index (χ0v) is 17.4. The molecular formula is C19H16Cl2N4O2S. The minimum atomic E-state index is -0.186. The van der Waals surface area contributed by atoms with Gasteiger partial charge in [0.15, 0.2) is 16.8 Å². The van der Waals surface area contributed by atoms with Gasteiger partial charge in [-0.25, -0.2) is 0 Å². The molecule has 6 nitrogen and oxygen atoms in total. The maximum atomic E-state index is 12.2. The van der Waals surface area contributed by atoms with E-state index in [9.17, 15) is 9.59 Å². The van der Waals surface area contributed by atoms with E-state index in [2.05, 4.69) is 15.5 Å². The van der Waals surface area contributed by atoms with Gasteiger partial charge in [0, 0.05) is 28.9 Å². The van der Waals surface area contributed by atoms with Crippen LogP contribution in [-0.2, 0) is 11.8 Å². The second-order valence-corrected chi connectivity index (χ2v) is 7.75. The number of carbonyl (C=O) groups is 2. The predicted octanol–water partition coefficient (Wildman–Crippen LogP) is 4.72. The van der Waals surface area contributed by atoms with E-state index in [1.807, 2.05) is 0 Å². The lowest BCUT2D eigenvalue weighted by molar-refractivity contribution is -0.113. The molecule has 144 valence electrons. The number of carbonyl (C=O) groups excluding carboxylic acids is 2. The summed E-state index contributed by atoms with van der Waals surface area (Å²) in [6, 6.07) is 11.9. The first-order chi connectivity index (χ1) is 13.3. The first kappa shape index (κ1) is 20.4. The van der Waals surface area contributed by atoms with Crippen molar-refractivity contribution < 1.29 is 9.59 Å². The molecule has 0 fully saturated rings. The summed E-state index contributed by atoms with van der Waals surface area (Å²) in [5.74, 6) is 0.542. The third-order valence-corrected chi connectivity index (χ3v) is 5.48. The number of hydrogen-bond donors (Lipinski definition) is 1. The van der Waals surface area contributed by atoms with Gasteiger partial charge in [0.05, 0.1) is 10.8 Å². The van der Waals surface area contributed by atoms with Crippen molar-refractivity contribution in [2.45, 2.75) is 12.1 Å². The van der Waals surface area contributed by atoms with Crippen LogP contribution in [0.3, 0.4) is 0 Å². The Balaban J connectivity index is 1.64. The average molecular weight is 435 g/mol. The lowest BCUT2D eigenvalue weighted by Gasteiger charge is -2.07. The number of thioether (sulfide) groups is 1. The third kappa shape index (κ3) is 4.73. The Bertz CT molecular complexity index is 1030. The molecule has 0 aliphatic heterocycles. The summed E-state index contributed by atoms with van der Waals surface area (Å²) in [5, 5.41) is 12.7. The van der Waals surface area contributed by atoms with E-state index < -0.39 is 0 Å². The van der Waals surface area contributed by atoms with Gasteiger partial charge in [-0.3, -0.25) is 9.59 Å². The highest BCUT2D eigenvalue weighted by atomic mass is 35.5.